The summed E-state index contributed by atoms with van der Waals surface area (Å²) in [6.45, 7) is 1.85. The van der Waals surface area contributed by atoms with Crippen molar-refractivity contribution in [2.75, 3.05) is 6.54 Å². The lowest BCUT2D eigenvalue weighted by atomic mass is 9.85. The van der Waals surface area contributed by atoms with Crippen molar-refractivity contribution in [3.05, 3.63) is 54.2 Å². The number of fused-ring (bicyclic) bond motifs is 2. The molecule has 0 amide bonds. The van der Waals surface area contributed by atoms with Gasteiger partial charge in [-0.25, -0.2) is 15.4 Å². The number of Topliss-reactive ketones (excluding diaryl/α,β-unsaturated/α-hetero) is 4. The summed E-state index contributed by atoms with van der Waals surface area (Å²) in [4.78, 5) is 68.3. The first kappa shape index (κ1) is 33.1. The average molecular weight is 633 g/mol. The van der Waals surface area contributed by atoms with Gasteiger partial charge in [0, 0.05) is 60.8 Å². The molecule has 0 bridgehead atoms. The number of guanidine groups is 1. The van der Waals surface area contributed by atoms with Crippen molar-refractivity contribution < 1.29 is 19.2 Å². The van der Waals surface area contributed by atoms with E-state index in [4.69, 9.17) is 17.2 Å². The van der Waals surface area contributed by atoms with Gasteiger partial charge in [0.05, 0.1) is 36.5 Å². The zero-order valence-electron chi connectivity index (χ0n) is 26.1. The van der Waals surface area contributed by atoms with Gasteiger partial charge in [-0.1, -0.05) is 18.2 Å². The van der Waals surface area contributed by atoms with Gasteiger partial charge in [0.1, 0.15) is 5.78 Å². The van der Waals surface area contributed by atoms with Crippen LogP contribution in [0.4, 0.5) is 0 Å². The summed E-state index contributed by atoms with van der Waals surface area (Å²) in [6.07, 6.45) is 7.49. The molecule has 6 unspecified atom stereocenters. The molecule has 0 saturated carbocycles. The molecule has 2 aliphatic heterocycles. The Bertz CT molecular complexity index is 1560. The van der Waals surface area contributed by atoms with E-state index in [1.54, 1.807) is 17.5 Å². The maximum atomic E-state index is 14.1. The minimum atomic E-state index is -0.836. The number of rotatable bonds is 10. The molecule has 0 radical (unpaired) electrons. The number of para-hydroxylation sites is 1. The van der Waals surface area contributed by atoms with Crippen molar-refractivity contribution in [1.29, 1.82) is 0 Å². The number of imidazole rings is 1. The first-order valence-electron chi connectivity index (χ1n) is 15.8. The third kappa shape index (κ3) is 7.94. The third-order valence-electron chi connectivity index (χ3n) is 8.93. The number of H-pyrrole nitrogens is 2. The van der Waals surface area contributed by atoms with Crippen LogP contribution in [0.3, 0.4) is 0 Å². The van der Waals surface area contributed by atoms with E-state index < -0.39 is 30.2 Å². The fraction of sp³-hybridized carbons (Fsp3) is 0.500. The molecule has 14 nitrogen and oxygen atoms in total. The second-order valence-corrected chi connectivity index (χ2v) is 12.4. The minimum absolute atomic E-state index is 0.0267. The Hall–Kier alpha value is -4.24. The van der Waals surface area contributed by atoms with Gasteiger partial charge in [0.25, 0.3) is 0 Å². The van der Waals surface area contributed by atoms with Gasteiger partial charge in [-0.15, -0.1) is 0 Å². The Morgan fingerprint density at radius 1 is 1.07 bits per heavy atom. The number of benzene rings is 1. The molecule has 5 rings (SSSR count). The monoisotopic (exact) mass is 632 g/mol. The van der Waals surface area contributed by atoms with Crippen LogP contribution in [0.1, 0.15) is 56.7 Å². The molecule has 3 aromatic rings. The van der Waals surface area contributed by atoms with Crippen molar-refractivity contribution in [2.24, 2.45) is 22.2 Å². The smallest absolute Gasteiger partial charge is 0.185 e. The highest BCUT2D eigenvalue weighted by molar-refractivity contribution is 5.99. The quantitative estimate of drug-likeness (QED) is 0.0905. The molecule has 6 atom stereocenters. The van der Waals surface area contributed by atoms with E-state index in [-0.39, 0.29) is 48.0 Å². The van der Waals surface area contributed by atoms with Crippen LogP contribution >= 0.6 is 0 Å². The summed E-state index contributed by atoms with van der Waals surface area (Å²) >= 11 is 0. The van der Waals surface area contributed by atoms with Crippen LogP contribution in [-0.2, 0) is 32.0 Å². The molecule has 246 valence electrons. The molecule has 1 aromatic carbocycles. The number of nitrogens with one attached hydrogen (secondary N) is 4. The summed E-state index contributed by atoms with van der Waals surface area (Å²) in [5.41, 5.74) is 23.5. The van der Waals surface area contributed by atoms with E-state index in [2.05, 4.69) is 30.7 Å². The molecule has 2 fully saturated rings. The maximum Gasteiger partial charge on any atom is 0.185 e. The van der Waals surface area contributed by atoms with Crippen LogP contribution in [-0.4, -0.2) is 91.8 Å². The van der Waals surface area contributed by atoms with Crippen LogP contribution in [0.2, 0.25) is 0 Å². The number of hydrazine groups is 1. The van der Waals surface area contributed by atoms with Crippen molar-refractivity contribution in [3.8, 4) is 0 Å². The summed E-state index contributed by atoms with van der Waals surface area (Å²) in [6, 6.07) is 3.81. The van der Waals surface area contributed by atoms with E-state index >= 15 is 0 Å². The molecule has 4 heterocycles. The van der Waals surface area contributed by atoms with Crippen LogP contribution in [0.5, 0.6) is 0 Å². The van der Waals surface area contributed by atoms with Crippen molar-refractivity contribution in [3.63, 3.8) is 0 Å². The van der Waals surface area contributed by atoms with Crippen molar-refractivity contribution in [2.45, 2.75) is 94.5 Å². The number of ketones is 4. The second kappa shape index (κ2) is 14.9. The average Bonchev–Trinajstić information content (AvgIpc) is 3.69. The number of aromatic amines is 2. The maximum absolute atomic E-state index is 14.1. The first-order chi connectivity index (χ1) is 22.1. The number of carbonyl (C=O) groups excluding carboxylic acids is 4. The van der Waals surface area contributed by atoms with E-state index in [9.17, 15) is 19.2 Å². The summed E-state index contributed by atoms with van der Waals surface area (Å²) in [5, 5.41) is 6.12. The number of hydrogen-bond acceptors (Lipinski definition) is 10. The Balaban J connectivity index is 1.47. The molecule has 2 saturated heterocycles. The van der Waals surface area contributed by atoms with Gasteiger partial charge in [-0.3, -0.25) is 24.2 Å². The van der Waals surface area contributed by atoms with Crippen LogP contribution in [0.25, 0.3) is 10.9 Å². The fourth-order valence-electron chi connectivity index (χ4n) is 6.57. The van der Waals surface area contributed by atoms with Crippen LogP contribution in [0.15, 0.2) is 48.0 Å². The lowest BCUT2D eigenvalue weighted by Gasteiger charge is -2.48. The molecule has 14 heteroatoms. The first-order valence-corrected chi connectivity index (χ1v) is 15.8. The number of aliphatic imine (C=N–C) groups is 1. The molecular formula is C32H44N10O4. The van der Waals surface area contributed by atoms with E-state index in [0.29, 0.717) is 45.1 Å². The van der Waals surface area contributed by atoms with E-state index in [1.807, 2.05) is 30.5 Å². The molecule has 2 aliphatic rings. The highest BCUT2D eigenvalue weighted by Gasteiger charge is 2.50. The lowest BCUT2D eigenvalue weighted by Crippen LogP contribution is -2.73. The van der Waals surface area contributed by atoms with Gasteiger partial charge >= 0.3 is 0 Å². The highest BCUT2D eigenvalue weighted by Crippen LogP contribution is 2.29. The predicted octanol–water partition coefficient (Wildman–Crippen LogP) is 0.180. The minimum Gasteiger partial charge on any atom is -0.370 e. The van der Waals surface area contributed by atoms with Crippen molar-refractivity contribution >= 4 is 40.0 Å². The Kier molecular flexibility index (Phi) is 10.7. The fourth-order valence-corrected chi connectivity index (χ4v) is 6.57. The Morgan fingerprint density at radius 2 is 1.87 bits per heavy atom. The van der Waals surface area contributed by atoms with E-state index in [1.165, 1.54) is 6.92 Å². The number of nitrogens with two attached hydrogens (primary N) is 3. The normalized spacial score (nSPS) is 26.4. The summed E-state index contributed by atoms with van der Waals surface area (Å²) in [7, 11) is 0. The molecule has 2 aromatic heterocycles. The van der Waals surface area contributed by atoms with Gasteiger partial charge in [0.2, 0.25) is 0 Å². The van der Waals surface area contributed by atoms with Gasteiger partial charge in [0.15, 0.2) is 23.3 Å². The Labute approximate surface area is 267 Å². The van der Waals surface area contributed by atoms with Crippen LogP contribution < -0.4 is 27.9 Å². The SMILES string of the molecule is CC(=O)CC1CCC(N)C(=O)C(Cc2c[nH]c3ccccc23)NN2C(CCCN=C(N)N)C(=O)C2CC(=O)C(Cc2cnc[nH]2)N1. The van der Waals surface area contributed by atoms with E-state index in [0.717, 1.165) is 22.2 Å². The number of hydrogen-bond donors (Lipinski definition) is 7. The zero-order chi connectivity index (χ0) is 32.8. The molecule has 46 heavy (non-hydrogen) atoms. The highest BCUT2D eigenvalue weighted by atomic mass is 16.2. The number of carbonyl (C=O) groups is 4. The van der Waals surface area contributed by atoms with Gasteiger partial charge in [-0.2, -0.15) is 0 Å². The molecular weight excluding hydrogens is 588 g/mol. The molecule has 0 aliphatic carbocycles. The molecule has 10 N–H and O–H groups in total. The summed E-state index contributed by atoms with van der Waals surface area (Å²) < 4.78 is 0. The summed E-state index contributed by atoms with van der Waals surface area (Å²) in [5.74, 6) is -0.541. The topological polar surface area (TPSA) is 230 Å². The Morgan fingerprint density at radius 3 is 2.61 bits per heavy atom. The number of aromatic nitrogens is 3. The lowest BCUT2D eigenvalue weighted by molar-refractivity contribution is -0.157. The van der Waals surface area contributed by atoms with Crippen molar-refractivity contribution in [1.82, 2.24) is 30.7 Å². The molecule has 0 spiro atoms. The number of nitrogens with zero attached hydrogens (tertiary/aromatic N) is 3. The third-order valence-corrected chi connectivity index (χ3v) is 8.93. The second-order valence-electron chi connectivity index (χ2n) is 12.4. The van der Waals surface area contributed by atoms with Gasteiger partial charge in [-0.05, 0) is 50.7 Å². The standard InChI is InChI=1S/C32H44N10O4/c1-18(43)11-20-8-9-23(33)30(45)26(12-19-15-38-24-6-3-2-5-22(19)24)41-42-27(7-4-10-37-32(34)35)31(46)28(42)14-29(44)25(40-20)13-21-16-36-17-39-21/h2-3,5-6,15-17,20,23,25-28,38,40-41H,4,7-14,33H2,1H3,(H,36,39)(H4,34,35,37). The predicted molar refractivity (Wildman–Crippen MR) is 173 cm³/mol. The van der Waals surface area contributed by atoms with Gasteiger partial charge < -0.3 is 32.5 Å². The largest absolute Gasteiger partial charge is 0.370 e. The van der Waals surface area contributed by atoms with Crippen LogP contribution in [0, 0.1) is 0 Å². The zero-order valence-corrected chi connectivity index (χ0v) is 26.1.